The van der Waals surface area contributed by atoms with Crippen molar-refractivity contribution in [3.63, 3.8) is 0 Å². The molecule has 1 aromatic heterocycles. The van der Waals surface area contributed by atoms with Gasteiger partial charge in [0.25, 0.3) is 5.91 Å². The van der Waals surface area contributed by atoms with Crippen LogP contribution in [0, 0.1) is 0 Å². The summed E-state index contributed by atoms with van der Waals surface area (Å²) in [5.41, 5.74) is 1.87. The Morgan fingerprint density at radius 3 is 2.27 bits per heavy atom. The molecule has 3 rings (SSSR count). The summed E-state index contributed by atoms with van der Waals surface area (Å²) < 4.78 is 29.2. The fourth-order valence-electron chi connectivity index (χ4n) is 2.98. The Kier molecular flexibility index (Phi) is 6.38. The molecule has 0 bridgehead atoms. The topological polar surface area (TPSA) is 93.1 Å². The van der Waals surface area contributed by atoms with E-state index in [-0.39, 0.29) is 10.8 Å². The molecule has 0 aliphatic rings. The highest BCUT2D eigenvalue weighted by molar-refractivity contribution is 7.89. The fraction of sp³-hybridized carbons (Fsp3) is 0.273. The lowest BCUT2D eigenvalue weighted by atomic mass is 10.1. The average Bonchev–Trinajstić information content (AvgIpc) is 3.18. The van der Waals surface area contributed by atoms with E-state index in [4.69, 9.17) is 0 Å². The Bertz CT molecular complexity index is 1100. The van der Waals surface area contributed by atoms with Crippen LogP contribution >= 0.6 is 0 Å². The number of amides is 1. The molecule has 0 aliphatic carbocycles. The minimum absolute atomic E-state index is 0.124. The monoisotopic (exact) mass is 426 g/mol. The Labute approximate surface area is 177 Å². The van der Waals surface area contributed by atoms with Gasteiger partial charge in [-0.15, -0.1) is 0 Å². The molecule has 0 unspecified atom stereocenters. The molecule has 1 amide bonds. The fourth-order valence-corrected chi connectivity index (χ4v) is 4.40. The van der Waals surface area contributed by atoms with Crippen LogP contribution < -0.4 is 10.0 Å². The molecule has 0 saturated carbocycles. The van der Waals surface area contributed by atoms with E-state index in [1.165, 1.54) is 24.3 Å². The van der Waals surface area contributed by atoms with Gasteiger partial charge in [-0.25, -0.2) is 13.1 Å². The van der Waals surface area contributed by atoms with Gasteiger partial charge in [0.2, 0.25) is 10.0 Å². The van der Waals surface area contributed by atoms with E-state index in [0.29, 0.717) is 18.7 Å². The van der Waals surface area contributed by atoms with Crippen molar-refractivity contribution in [2.75, 3.05) is 0 Å². The summed E-state index contributed by atoms with van der Waals surface area (Å²) >= 11 is 0. The van der Waals surface area contributed by atoms with Crippen molar-refractivity contribution in [2.24, 2.45) is 0 Å². The number of hydrogen-bond acceptors (Lipinski definition) is 4. The van der Waals surface area contributed by atoms with Crippen LogP contribution in [0.3, 0.4) is 0 Å². The maximum atomic E-state index is 12.5. The second-order valence-electron chi connectivity index (χ2n) is 8.03. The largest absolute Gasteiger partial charge is 0.348 e. The lowest BCUT2D eigenvalue weighted by Crippen LogP contribution is -2.40. The van der Waals surface area contributed by atoms with Crippen LogP contribution in [0.4, 0.5) is 0 Å². The summed E-state index contributed by atoms with van der Waals surface area (Å²) in [6, 6.07) is 15.6. The molecular formula is C22H26N4O3S. The zero-order valence-corrected chi connectivity index (χ0v) is 18.1. The Balaban J connectivity index is 1.66. The van der Waals surface area contributed by atoms with E-state index < -0.39 is 15.6 Å². The second kappa shape index (κ2) is 8.81. The molecule has 0 atom stereocenters. The Morgan fingerprint density at radius 1 is 1.00 bits per heavy atom. The van der Waals surface area contributed by atoms with E-state index in [0.717, 1.165) is 11.1 Å². The van der Waals surface area contributed by atoms with Crippen molar-refractivity contribution in [3.8, 4) is 0 Å². The SMILES string of the molecule is CC(C)(C)NS(=O)(=O)c1ccc(C(=O)NCc2ccccc2Cn2cccn2)cc1. The van der Waals surface area contributed by atoms with Crippen LogP contribution in [-0.4, -0.2) is 29.6 Å². The number of nitrogens with one attached hydrogen (secondary N) is 2. The van der Waals surface area contributed by atoms with Gasteiger partial charge in [0.15, 0.2) is 0 Å². The van der Waals surface area contributed by atoms with Crippen LogP contribution in [0.15, 0.2) is 71.9 Å². The Hall–Kier alpha value is -2.97. The molecule has 0 radical (unpaired) electrons. The number of hydrogen-bond donors (Lipinski definition) is 2. The third-order valence-electron chi connectivity index (χ3n) is 4.32. The molecule has 0 fully saturated rings. The predicted molar refractivity (Wildman–Crippen MR) is 115 cm³/mol. The standard InChI is InChI=1S/C22H26N4O3S/c1-22(2,3)25-30(28,29)20-11-9-17(10-12-20)21(27)23-15-18-7-4-5-8-19(18)16-26-14-6-13-24-26/h4-14,25H,15-16H2,1-3H3,(H,23,27). The van der Waals surface area contributed by atoms with Gasteiger partial charge in [-0.3, -0.25) is 9.48 Å². The van der Waals surface area contributed by atoms with Gasteiger partial charge in [-0.05, 0) is 62.2 Å². The van der Waals surface area contributed by atoms with Gasteiger partial charge in [0, 0.05) is 30.0 Å². The molecule has 158 valence electrons. The second-order valence-corrected chi connectivity index (χ2v) is 9.72. The molecule has 0 spiro atoms. The van der Waals surface area contributed by atoms with Crippen LogP contribution in [0.2, 0.25) is 0 Å². The summed E-state index contributed by atoms with van der Waals surface area (Å²) in [6.45, 7) is 6.30. The quantitative estimate of drug-likeness (QED) is 0.607. The van der Waals surface area contributed by atoms with E-state index in [1.54, 1.807) is 27.0 Å². The zero-order valence-electron chi connectivity index (χ0n) is 17.3. The molecule has 2 N–H and O–H groups in total. The predicted octanol–water partition coefficient (Wildman–Crippen LogP) is 2.94. The van der Waals surface area contributed by atoms with E-state index in [9.17, 15) is 13.2 Å². The third-order valence-corrected chi connectivity index (χ3v) is 6.09. The molecule has 3 aromatic rings. The van der Waals surface area contributed by atoms with Gasteiger partial charge in [0.05, 0.1) is 11.4 Å². The number of nitrogens with zero attached hydrogens (tertiary/aromatic N) is 2. The molecular weight excluding hydrogens is 400 g/mol. The number of rotatable bonds is 7. The van der Waals surface area contributed by atoms with E-state index >= 15 is 0 Å². The summed E-state index contributed by atoms with van der Waals surface area (Å²) in [5, 5.41) is 7.12. The van der Waals surface area contributed by atoms with Crippen molar-refractivity contribution in [2.45, 2.75) is 44.3 Å². The van der Waals surface area contributed by atoms with Gasteiger partial charge in [0.1, 0.15) is 0 Å². The van der Waals surface area contributed by atoms with Gasteiger partial charge < -0.3 is 5.32 Å². The van der Waals surface area contributed by atoms with Crippen molar-refractivity contribution in [1.29, 1.82) is 0 Å². The maximum absolute atomic E-state index is 12.5. The molecule has 7 nitrogen and oxygen atoms in total. The molecule has 30 heavy (non-hydrogen) atoms. The van der Waals surface area contributed by atoms with Crippen LogP contribution in [-0.2, 0) is 23.1 Å². The lowest BCUT2D eigenvalue weighted by molar-refractivity contribution is 0.0950. The van der Waals surface area contributed by atoms with Crippen molar-refractivity contribution < 1.29 is 13.2 Å². The first-order valence-electron chi connectivity index (χ1n) is 9.60. The molecule has 8 heteroatoms. The van der Waals surface area contributed by atoms with Crippen molar-refractivity contribution in [3.05, 3.63) is 83.7 Å². The summed E-state index contributed by atoms with van der Waals surface area (Å²) in [4.78, 5) is 12.7. The van der Waals surface area contributed by atoms with Crippen LogP contribution in [0.1, 0.15) is 42.3 Å². The Morgan fingerprint density at radius 2 is 1.67 bits per heavy atom. The summed E-state index contributed by atoms with van der Waals surface area (Å²) in [6.07, 6.45) is 3.62. The summed E-state index contributed by atoms with van der Waals surface area (Å²) in [5.74, 6) is -0.267. The zero-order chi connectivity index (χ0) is 21.8. The molecule has 1 heterocycles. The number of carbonyl (C=O) groups is 1. The van der Waals surface area contributed by atoms with Gasteiger partial charge in [-0.1, -0.05) is 24.3 Å². The highest BCUT2D eigenvalue weighted by atomic mass is 32.2. The first-order chi connectivity index (χ1) is 14.1. The average molecular weight is 427 g/mol. The minimum Gasteiger partial charge on any atom is -0.348 e. The lowest BCUT2D eigenvalue weighted by Gasteiger charge is -2.20. The number of carbonyl (C=O) groups excluding carboxylic acids is 1. The molecule has 0 saturated heterocycles. The van der Waals surface area contributed by atoms with E-state index in [1.807, 2.05) is 41.2 Å². The van der Waals surface area contributed by atoms with Crippen LogP contribution in [0.25, 0.3) is 0 Å². The first-order valence-corrected chi connectivity index (χ1v) is 11.1. The molecule has 0 aliphatic heterocycles. The van der Waals surface area contributed by atoms with Gasteiger partial charge in [-0.2, -0.15) is 5.10 Å². The van der Waals surface area contributed by atoms with Crippen molar-refractivity contribution >= 4 is 15.9 Å². The minimum atomic E-state index is -3.64. The smallest absolute Gasteiger partial charge is 0.251 e. The number of sulfonamides is 1. The maximum Gasteiger partial charge on any atom is 0.251 e. The third kappa shape index (κ3) is 5.77. The van der Waals surface area contributed by atoms with Gasteiger partial charge >= 0.3 is 0 Å². The van der Waals surface area contributed by atoms with Crippen molar-refractivity contribution in [1.82, 2.24) is 19.8 Å². The highest BCUT2D eigenvalue weighted by Gasteiger charge is 2.22. The highest BCUT2D eigenvalue weighted by Crippen LogP contribution is 2.15. The van der Waals surface area contributed by atoms with E-state index in [2.05, 4.69) is 15.1 Å². The first kappa shape index (κ1) is 21.7. The summed E-state index contributed by atoms with van der Waals surface area (Å²) in [7, 11) is -3.64. The number of aromatic nitrogens is 2. The number of benzene rings is 2. The van der Waals surface area contributed by atoms with Crippen LogP contribution in [0.5, 0.6) is 0 Å². The normalized spacial score (nSPS) is 12.0. The molecule has 2 aromatic carbocycles.